The molecule has 3 fully saturated rings. The number of ether oxygens (including phenoxy) is 5. The molecule has 1 aliphatic heterocycles. The molecule has 1 amide bonds. The number of ketones is 1. The van der Waals surface area contributed by atoms with Crippen molar-refractivity contribution in [3.05, 3.63) is 119 Å². The summed E-state index contributed by atoms with van der Waals surface area (Å²) < 4.78 is 30.3. The van der Waals surface area contributed by atoms with Gasteiger partial charge in [0.05, 0.1) is 42.3 Å². The second-order valence-electron chi connectivity index (χ2n) is 19.7. The van der Waals surface area contributed by atoms with Gasteiger partial charge >= 0.3 is 23.9 Å². The molecule has 1 heterocycles. The highest BCUT2D eigenvalue weighted by molar-refractivity contribution is 5.96. The first-order chi connectivity index (χ1) is 34.8. The molecule has 9 N–H and O–H groups in total. The van der Waals surface area contributed by atoms with Crippen LogP contribution in [0.5, 0.6) is 0 Å². The number of aldehydes is 1. The Bertz CT molecular complexity index is 2580. The number of amides is 1. The average molecular weight is 1030 g/mol. The van der Waals surface area contributed by atoms with Crippen molar-refractivity contribution < 1.29 is 98.1 Å². The Morgan fingerprint density at radius 2 is 1.38 bits per heavy atom. The van der Waals surface area contributed by atoms with E-state index in [9.17, 15) is 44.1 Å². The predicted molar refractivity (Wildman–Crippen MR) is 255 cm³/mol. The summed E-state index contributed by atoms with van der Waals surface area (Å²) in [6.45, 7) is 7.21. The maximum absolute atomic E-state index is 15.5. The van der Waals surface area contributed by atoms with E-state index in [4.69, 9.17) is 49.2 Å². The number of fused-ring (bicyclic) bond motifs is 5. The van der Waals surface area contributed by atoms with Gasteiger partial charge in [-0.1, -0.05) is 80.6 Å². The lowest BCUT2D eigenvalue weighted by Gasteiger charge is -2.67. The highest BCUT2D eigenvalue weighted by atomic mass is 16.6. The van der Waals surface area contributed by atoms with Crippen LogP contribution in [0.4, 0.5) is 0 Å². The first-order valence-corrected chi connectivity index (χ1v) is 23.8. The van der Waals surface area contributed by atoms with Crippen molar-refractivity contribution in [3.8, 4) is 0 Å². The normalized spacial score (nSPS) is 30.1. The number of esters is 4. The van der Waals surface area contributed by atoms with Crippen LogP contribution in [0.2, 0.25) is 0 Å². The molecular weight excluding hydrogens is 971 g/mol. The van der Waals surface area contributed by atoms with Gasteiger partial charge in [0.2, 0.25) is 0 Å². The van der Waals surface area contributed by atoms with Crippen LogP contribution in [0.3, 0.4) is 0 Å². The van der Waals surface area contributed by atoms with Crippen LogP contribution in [0.25, 0.3) is 0 Å². The topological polar surface area (TPSA) is 340 Å². The van der Waals surface area contributed by atoms with Crippen molar-refractivity contribution in [2.75, 3.05) is 13.2 Å². The Morgan fingerprint density at radius 1 is 0.811 bits per heavy atom. The van der Waals surface area contributed by atoms with Gasteiger partial charge in [-0.25, -0.2) is 9.59 Å². The molecule has 2 saturated carbocycles. The highest BCUT2D eigenvalue weighted by Crippen LogP contribution is 2.64. The van der Waals surface area contributed by atoms with Crippen LogP contribution in [0.15, 0.2) is 102 Å². The van der Waals surface area contributed by atoms with E-state index in [1.54, 1.807) is 92.7 Å². The molecule has 7 rings (SSSR count). The number of hydrogen-bond donors (Lipinski definition) is 9. The van der Waals surface area contributed by atoms with Crippen LogP contribution in [-0.2, 0) is 47.7 Å². The first kappa shape index (κ1) is 57.0. The summed E-state index contributed by atoms with van der Waals surface area (Å²) in [4.78, 5) is 93.3. The van der Waals surface area contributed by atoms with E-state index in [1.165, 1.54) is 26.0 Å². The number of carbonyl (C=O) groups is 7. The summed E-state index contributed by atoms with van der Waals surface area (Å²) in [5, 5.41) is 83.8. The number of benzene rings is 3. The third-order valence-electron chi connectivity index (χ3n) is 14.9. The molecule has 3 aromatic rings. The Hall–Kier alpha value is -6.27. The van der Waals surface area contributed by atoms with Gasteiger partial charge in [-0.2, -0.15) is 0 Å². The fourth-order valence-electron chi connectivity index (χ4n) is 10.8. The van der Waals surface area contributed by atoms with Crippen molar-refractivity contribution in [2.24, 2.45) is 16.7 Å². The van der Waals surface area contributed by atoms with Gasteiger partial charge in [0.1, 0.15) is 48.3 Å². The summed E-state index contributed by atoms with van der Waals surface area (Å²) in [7, 11) is 0. The number of aliphatic hydroxyl groups is 8. The number of Topliss-reactive ketones (excluding diaryl/α,β-unsaturated/α-hetero) is 1. The monoisotopic (exact) mass is 1030 g/mol. The van der Waals surface area contributed by atoms with Gasteiger partial charge in [0.15, 0.2) is 29.9 Å². The zero-order valence-corrected chi connectivity index (χ0v) is 41.5. The number of rotatable bonds is 15. The second-order valence-corrected chi connectivity index (χ2v) is 19.7. The number of carbonyl (C=O) groups excluding carboxylic acids is 7. The molecule has 15 atom stereocenters. The van der Waals surface area contributed by atoms with Crippen molar-refractivity contribution in [1.82, 2.24) is 5.32 Å². The number of hydrogen-bond acceptors (Lipinski definition) is 20. The van der Waals surface area contributed by atoms with E-state index in [-0.39, 0.29) is 41.6 Å². The molecule has 0 spiro atoms. The smallest absolute Gasteiger partial charge is 0.338 e. The summed E-state index contributed by atoms with van der Waals surface area (Å²) in [6.07, 6.45) is -17.4. The quantitative estimate of drug-likeness (QED) is 0.0429. The Balaban J connectivity index is 0.000000660. The first-order valence-electron chi connectivity index (χ1n) is 23.8. The summed E-state index contributed by atoms with van der Waals surface area (Å²) in [5.41, 5.74) is -7.02. The van der Waals surface area contributed by atoms with Crippen LogP contribution in [0, 0.1) is 16.7 Å². The molecule has 2 bridgehead atoms. The standard InChI is InChI=1S/C47H51NO14.C6H12O6/c1-25-31(60-43(56)36(52)35(28-16-10-7-11-17-28)48-41(54)29-18-12-8-13-19-29)23-47(57)40(61-42(55)30-20-14-9-15-21-30)38-45(6,32(51)22-33-46(38,24-58-33)62-27(3)50)39(53)37(59-26(2)49)34(25)44(47,4)5;7-1-3(9)5(11)6(12)4(10)2-8/h7-21,31-33,35-38,40,51-52,57H,22-24H2,1-6H3,(H,48,54);1,3-6,8-12H,2H2/t31-,32-,33+,35-,36+,37+,38-,40-,45+,46-,47+;3-,4-,5-,6-/m01/s1. The SMILES string of the molecule is CC(=O)O[C@H]1C(=O)[C@@]2(C)[C@H]([C@H](OC(=O)c3ccccc3)[C@]3(O)C[C@H](OC(=O)[C@H](O)[C@@H](NC(=O)c4ccccc4)c4ccccc4)C(C)=C1C3(C)C)[C@]1(OC(C)=O)CO[C@@H]1C[C@@H]2O.O=C[C@@H](O)[C@@H](O)[C@H](O)[C@H](O)CO. The fourth-order valence-corrected chi connectivity index (χ4v) is 10.8. The van der Waals surface area contributed by atoms with Crippen molar-refractivity contribution in [1.29, 1.82) is 0 Å². The van der Waals surface area contributed by atoms with Gasteiger partial charge in [0, 0.05) is 37.7 Å². The van der Waals surface area contributed by atoms with E-state index in [2.05, 4.69) is 5.32 Å². The van der Waals surface area contributed by atoms with Crippen LogP contribution in [-0.4, -0.2) is 168 Å². The Kier molecular flexibility index (Phi) is 17.5. The Labute approximate surface area is 425 Å². The minimum atomic E-state index is -2.39. The molecule has 21 nitrogen and oxygen atoms in total. The lowest BCUT2D eigenvalue weighted by Crippen LogP contribution is -2.82. The van der Waals surface area contributed by atoms with Gasteiger partial charge in [-0.05, 0) is 54.8 Å². The number of nitrogens with one attached hydrogen (secondary N) is 1. The highest BCUT2D eigenvalue weighted by Gasteiger charge is 2.78. The molecular formula is C53H63NO20. The van der Waals surface area contributed by atoms with Crippen molar-refractivity contribution in [3.63, 3.8) is 0 Å². The summed E-state index contributed by atoms with van der Waals surface area (Å²) in [5.74, 6) is -6.84. The minimum absolute atomic E-state index is 0.00289. The molecule has 21 heteroatoms. The molecule has 0 unspecified atom stereocenters. The largest absolute Gasteiger partial charge is 0.456 e. The van der Waals surface area contributed by atoms with Gasteiger partial charge in [-0.15, -0.1) is 0 Å². The molecule has 400 valence electrons. The maximum atomic E-state index is 15.5. The van der Waals surface area contributed by atoms with E-state index < -0.39 is 144 Å². The van der Waals surface area contributed by atoms with Crippen LogP contribution >= 0.6 is 0 Å². The van der Waals surface area contributed by atoms with E-state index in [0.29, 0.717) is 5.56 Å². The third-order valence-corrected chi connectivity index (χ3v) is 14.9. The fraction of sp³-hybridized carbons (Fsp3) is 0.491. The lowest BCUT2D eigenvalue weighted by molar-refractivity contribution is -0.346. The zero-order chi connectivity index (χ0) is 54.7. The predicted octanol–water partition coefficient (Wildman–Crippen LogP) is 0.357. The van der Waals surface area contributed by atoms with Crippen LogP contribution < -0.4 is 5.32 Å². The maximum Gasteiger partial charge on any atom is 0.338 e. The zero-order valence-electron chi connectivity index (χ0n) is 41.5. The molecule has 3 aliphatic carbocycles. The Morgan fingerprint density at radius 3 is 1.89 bits per heavy atom. The molecule has 74 heavy (non-hydrogen) atoms. The molecule has 4 aliphatic rings. The molecule has 0 aromatic heterocycles. The van der Waals surface area contributed by atoms with Crippen LogP contribution in [0.1, 0.15) is 86.7 Å². The number of aliphatic hydroxyl groups excluding tert-OH is 7. The van der Waals surface area contributed by atoms with Gasteiger partial charge in [0.25, 0.3) is 5.91 Å². The summed E-state index contributed by atoms with van der Waals surface area (Å²) >= 11 is 0. The van der Waals surface area contributed by atoms with E-state index in [0.717, 1.165) is 13.8 Å². The van der Waals surface area contributed by atoms with E-state index in [1.807, 2.05) is 0 Å². The second kappa shape index (κ2) is 22.7. The minimum Gasteiger partial charge on any atom is -0.456 e. The lowest BCUT2D eigenvalue weighted by atomic mass is 9.44. The molecule has 1 saturated heterocycles. The third kappa shape index (κ3) is 10.7. The van der Waals surface area contributed by atoms with Gasteiger partial charge in [-0.3, -0.25) is 19.2 Å². The van der Waals surface area contributed by atoms with Crippen molar-refractivity contribution >= 4 is 41.9 Å². The van der Waals surface area contributed by atoms with Crippen molar-refractivity contribution in [2.45, 2.75) is 133 Å². The average Bonchev–Trinajstić information content (AvgIpc) is 3.38. The summed E-state index contributed by atoms with van der Waals surface area (Å²) in [6, 6.07) is 22.9. The molecule has 0 radical (unpaired) electrons. The molecule has 3 aromatic carbocycles. The van der Waals surface area contributed by atoms with Gasteiger partial charge < -0.3 is 74.6 Å². The van der Waals surface area contributed by atoms with E-state index >= 15 is 4.79 Å².